The van der Waals surface area contributed by atoms with Crippen molar-refractivity contribution in [2.75, 3.05) is 0 Å². The number of halogens is 1. The van der Waals surface area contributed by atoms with Crippen molar-refractivity contribution in [1.29, 1.82) is 0 Å². The van der Waals surface area contributed by atoms with E-state index in [2.05, 4.69) is 0 Å². The SMILES string of the molecule is CC.CC(=O)c1c(C)cc(O)cc1F. The predicted molar refractivity (Wildman–Crippen MR) is 54.2 cm³/mol. The number of phenols is 1. The van der Waals surface area contributed by atoms with Gasteiger partial charge >= 0.3 is 0 Å². The molecule has 2 nitrogen and oxygen atoms in total. The van der Waals surface area contributed by atoms with Gasteiger partial charge in [0.25, 0.3) is 0 Å². The van der Waals surface area contributed by atoms with E-state index in [0.717, 1.165) is 6.07 Å². The lowest BCUT2D eigenvalue weighted by Crippen LogP contribution is -1.99. The second-order valence-electron chi connectivity index (χ2n) is 2.68. The van der Waals surface area contributed by atoms with E-state index in [-0.39, 0.29) is 17.1 Å². The Morgan fingerprint density at radius 3 is 2.21 bits per heavy atom. The molecule has 0 fully saturated rings. The first-order chi connectivity index (χ1) is 6.52. The van der Waals surface area contributed by atoms with Gasteiger partial charge in [0.2, 0.25) is 0 Å². The fraction of sp³-hybridized carbons (Fsp3) is 0.364. The van der Waals surface area contributed by atoms with E-state index in [1.54, 1.807) is 6.92 Å². The maximum Gasteiger partial charge on any atom is 0.163 e. The minimum Gasteiger partial charge on any atom is -0.508 e. The van der Waals surface area contributed by atoms with Gasteiger partial charge in [-0.15, -0.1) is 0 Å². The highest BCUT2D eigenvalue weighted by Gasteiger charge is 2.11. The maximum atomic E-state index is 13.0. The molecular formula is C11H15FO2. The van der Waals surface area contributed by atoms with Gasteiger partial charge in [-0.05, 0) is 25.5 Å². The minimum atomic E-state index is -0.667. The molecule has 0 saturated carbocycles. The summed E-state index contributed by atoms with van der Waals surface area (Å²) in [4.78, 5) is 10.9. The molecule has 1 N–H and O–H groups in total. The molecule has 0 aliphatic heterocycles. The summed E-state index contributed by atoms with van der Waals surface area (Å²) in [5.41, 5.74) is 0.507. The molecule has 0 amide bonds. The topological polar surface area (TPSA) is 37.3 Å². The van der Waals surface area contributed by atoms with Gasteiger partial charge in [0.15, 0.2) is 5.78 Å². The van der Waals surface area contributed by atoms with Gasteiger partial charge < -0.3 is 5.11 Å². The number of aromatic hydroxyl groups is 1. The zero-order chi connectivity index (χ0) is 11.3. The fourth-order valence-corrected chi connectivity index (χ4v) is 1.17. The van der Waals surface area contributed by atoms with Crippen LogP contribution in [0, 0.1) is 12.7 Å². The second-order valence-corrected chi connectivity index (χ2v) is 2.68. The van der Waals surface area contributed by atoms with Crippen molar-refractivity contribution in [3.63, 3.8) is 0 Å². The van der Waals surface area contributed by atoms with E-state index >= 15 is 0 Å². The minimum absolute atomic E-state index is 0.0489. The molecule has 0 aliphatic rings. The molecular weight excluding hydrogens is 183 g/mol. The molecule has 14 heavy (non-hydrogen) atoms. The summed E-state index contributed by atoms with van der Waals surface area (Å²) in [6, 6.07) is 2.30. The highest BCUT2D eigenvalue weighted by molar-refractivity contribution is 5.95. The Kier molecular flexibility index (Phi) is 4.84. The Labute approximate surface area is 83.4 Å². The van der Waals surface area contributed by atoms with Crippen LogP contribution < -0.4 is 0 Å². The second kappa shape index (κ2) is 5.37. The van der Waals surface area contributed by atoms with Crippen LogP contribution in [-0.4, -0.2) is 10.9 Å². The third kappa shape index (κ3) is 2.83. The van der Waals surface area contributed by atoms with Crippen LogP contribution in [0.25, 0.3) is 0 Å². The van der Waals surface area contributed by atoms with E-state index < -0.39 is 5.82 Å². The quantitative estimate of drug-likeness (QED) is 0.704. The molecule has 0 saturated heterocycles. The molecule has 0 aromatic heterocycles. The van der Waals surface area contributed by atoms with Crippen LogP contribution >= 0.6 is 0 Å². The fourth-order valence-electron chi connectivity index (χ4n) is 1.17. The van der Waals surface area contributed by atoms with E-state index in [1.165, 1.54) is 13.0 Å². The molecule has 78 valence electrons. The first kappa shape index (κ1) is 12.6. The van der Waals surface area contributed by atoms with E-state index in [0.29, 0.717) is 5.56 Å². The van der Waals surface area contributed by atoms with E-state index in [1.807, 2.05) is 13.8 Å². The lowest BCUT2D eigenvalue weighted by atomic mass is 10.0. The Morgan fingerprint density at radius 1 is 1.36 bits per heavy atom. The Bertz CT molecular complexity index is 309. The number of hydrogen-bond acceptors (Lipinski definition) is 2. The highest BCUT2D eigenvalue weighted by Crippen LogP contribution is 2.20. The Hall–Kier alpha value is -1.38. The van der Waals surface area contributed by atoms with Crippen molar-refractivity contribution in [2.24, 2.45) is 0 Å². The standard InChI is InChI=1S/C9H9FO2.C2H6/c1-5-3-7(12)4-8(10)9(5)6(2)11;1-2/h3-4,12H,1-2H3;1-2H3. The summed E-state index contributed by atoms with van der Waals surface area (Å²) in [5, 5.41) is 8.95. The summed E-state index contributed by atoms with van der Waals surface area (Å²) in [7, 11) is 0. The Morgan fingerprint density at radius 2 is 1.86 bits per heavy atom. The van der Waals surface area contributed by atoms with Crippen LogP contribution in [0.2, 0.25) is 0 Å². The molecule has 0 aliphatic carbocycles. The monoisotopic (exact) mass is 198 g/mol. The molecule has 1 aromatic carbocycles. The van der Waals surface area contributed by atoms with Crippen molar-refractivity contribution < 1.29 is 14.3 Å². The number of aryl methyl sites for hydroxylation is 1. The average Bonchev–Trinajstić information content (AvgIpc) is 2.04. The molecule has 0 radical (unpaired) electrons. The largest absolute Gasteiger partial charge is 0.508 e. The van der Waals surface area contributed by atoms with Crippen LogP contribution in [0.4, 0.5) is 4.39 Å². The molecule has 0 spiro atoms. The maximum absolute atomic E-state index is 13.0. The molecule has 0 heterocycles. The van der Waals surface area contributed by atoms with Crippen LogP contribution in [-0.2, 0) is 0 Å². The van der Waals surface area contributed by atoms with Crippen molar-refractivity contribution >= 4 is 5.78 Å². The third-order valence-electron chi connectivity index (χ3n) is 1.62. The summed E-state index contributed by atoms with van der Waals surface area (Å²) in [6.45, 7) is 6.88. The summed E-state index contributed by atoms with van der Waals surface area (Å²) < 4.78 is 13.0. The zero-order valence-corrected chi connectivity index (χ0v) is 8.89. The highest BCUT2D eigenvalue weighted by atomic mass is 19.1. The normalized spacial score (nSPS) is 8.93. The van der Waals surface area contributed by atoms with Gasteiger partial charge in [-0.3, -0.25) is 4.79 Å². The van der Waals surface area contributed by atoms with E-state index in [9.17, 15) is 9.18 Å². The lowest BCUT2D eigenvalue weighted by Gasteiger charge is -2.03. The van der Waals surface area contributed by atoms with Crippen molar-refractivity contribution in [3.8, 4) is 5.75 Å². The summed E-state index contributed by atoms with van der Waals surface area (Å²) in [5.74, 6) is -1.15. The number of phenolic OH excluding ortho intramolecular Hbond substituents is 1. The van der Waals surface area contributed by atoms with Crippen LogP contribution in [0.5, 0.6) is 5.75 Å². The van der Waals surface area contributed by atoms with Gasteiger partial charge in [-0.1, -0.05) is 13.8 Å². The van der Waals surface area contributed by atoms with Crippen LogP contribution in [0.15, 0.2) is 12.1 Å². The molecule has 1 rings (SSSR count). The molecule has 1 aromatic rings. The van der Waals surface area contributed by atoms with Crippen molar-refractivity contribution in [1.82, 2.24) is 0 Å². The number of carbonyl (C=O) groups is 1. The Balaban J connectivity index is 0.000000791. The number of Topliss-reactive ketones (excluding diaryl/α,β-unsaturated/α-hetero) is 1. The number of carbonyl (C=O) groups excluding carboxylic acids is 1. The van der Waals surface area contributed by atoms with Crippen LogP contribution in [0.3, 0.4) is 0 Å². The number of rotatable bonds is 1. The van der Waals surface area contributed by atoms with Gasteiger partial charge in [0, 0.05) is 6.07 Å². The smallest absolute Gasteiger partial charge is 0.163 e. The van der Waals surface area contributed by atoms with Gasteiger partial charge in [-0.25, -0.2) is 4.39 Å². The third-order valence-corrected chi connectivity index (χ3v) is 1.62. The van der Waals surface area contributed by atoms with Crippen molar-refractivity contribution in [2.45, 2.75) is 27.7 Å². The first-order valence-electron chi connectivity index (χ1n) is 4.52. The summed E-state index contributed by atoms with van der Waals surface area (Å²) >= 11 is 0. The first-order valence-corrected chi connectivity index (χ1v) is 4.52. The van der Waals surface area contributed by atoms with Gasteiger partial charge in [0.1, 0.15) is 11.6 Å². The number of benzene rings is 1. The van der Waals surface area contributed by atoms with Crippen LogP contribution in [0.1, 0.15) is 36.7 Å². The average molecular weight is 198 g/mol. The van der Waals surface area contributed by atoms with E-state index in [4.69, 9.17) is 5.11 Å². The van der Waals surface area contributed by atoms with Crippen molar-refractivity contribution in [3.05, 3.63) is 29.1 Å². The number of hydrogen-bond donors (Lipinski definition) is 1. The van der Waals surface area contributed by atoms with Gasteiger partial charge in [-0.2, -0.15) is 0 Å². The summed E-state index contributed by atoms with van der Waals surface area (Å²) in [6.07, 6.45) is 0. The molecule has 3 heteroatoms. The molecule has 0 bridgehead atoms. The lowest BCUT2D eigenvalue weighted by molar-refractivity contribution is 0.101. The molecule has 0 atom stereocenters. The number of ketones is 1. The van der Waals surface area contributed by atoms with Gasteiger partial charge in [0.05, 0.1) is 5.56 Å². The molecule has 0 unspecified atom stereocenters. The predicted octanol–water partition coefficient (Wildman–Crippen LogP) is 3.07. The zero-order valence-electron chi connectivity index (χ0n) is 8.89.